The number of nitrogens with one attached hydrogen (secondary N) is 1. The minimum Gasteiger partial charge on any atom is -0.353 e. The summed E-state index contributed by atoms with van der Waals surface area (Å²) in [6.45, 7) is 2.70. The Balaban J connectivity index is 0.00000225. The molecule has 0 spiro atoms. The van der Waals surface area contributed by atoms with Crippen molar-refractivity contribution in [3.05, 3.63) is 0 Å². The average molecular weight is 249 g/mol. The van der Waals surface area contributed by atoms with Gasteiger partial charge >= 0.3 is 0 Å². The second-order valence-electron chi connectivity index (χ2n) is 4.61. The first kappa shape index (κ1) is 15.7. The molecule has 0 bridgehead atoms. The van der Waals surface area contributed by atoms with Gasteiger partial charge in [0.2, 0.25) is 5.91 Å². The van der Waals surface area contributed by atoms with E-state index < -0.39 is 0 Å². The van der Waals surface area contributed by atoms with Crippen LogP contribution in [0.15, 0.2) is 0 Å². The van der Waals surface area contributed by atoms with Crippen molar-refractivity contribution >= 4 is 18.3 Å². The zero-order chi connectivity index (χ0) is 11.1. The van der Waals surface area contributed by atoms with Gasteiger partial charge in [0.25, 0.3) is 0 Å². The van der Waals surface area contributed by atoms with Crippen molar-refractivity contribution in [3.8, 4) is 0 Å². The second kappa shape index (κ2) is 8.82. The molecule has 96 valence electrons. The Morgan fingerprint density at radius 1 is 1.31 bits per heavy atom. The predicted molar refractivity (Wildman–Crippen MR) is 69.7 cm³/mol. The molecule has 1 aliphatic rings. The van der Waals surface area contributed by atoms with Crippen LogP contribution in [0.3, 0.4) is 0 Å². The van der Waals surface area contributed by atoms with Crippen molar-refractivity contribution in [2.24, 2.45) is 11.7 Å². The van der Waals surface area contributed by atoms with E-state index in [0.717, 1.165) is 18.8 Å². The molecule has 0 heterocycles. The maximum absolute atomic E-state index is 11.3. The van der Waals surface area contributed by atoms with Crippen LogP contribution in [-0.2, 0) is 4.79 Å². The minimum atomic E-state index is 0. The van der Waals surface area contributed by atoms with Gasteiger partial charge in [0.1, 0.15) is 0 Å². The molecule has 1 aliphatic carbocycles. The standard InChI is InChI=1S/C12H24N2O.ClH/c1-2-3-10-4-6-11(7-5-10)14-12(15)8-9-13;/h10-11H,2-9,13H2,1H3,(H,14,15);1H. The van der Waals surface area contributed by atoms with E-state index in [-0.39, 0.29) is 18.3 Å². The van der Waals surface area contributed by atoms with Crippen molar-refractivity contribution in [1.29, 1.82) is 0 Å². The number of halogens is 1. The van der Waals surface area contributed by atoms with Crippen LogP contribution in [0.4, 0.5) is 0 Å². The summed E-state index contributed by atoms with van der Waals surface area (Å²) in [5, 5.41) is 3.06. The Morgan fingerprint density at radius 3 is 2.44 bits per heavy atom. The average Bonchev–Trinajstić information content (AvgIpc) is 2.22. The van der Waals surface area contributed by atoms with Crippen molar-refractivity contribution in [3.63, 3.8) is 0 Å². The fraction of sp³-hybridized carbons (Fsp3) is 0.917. The number of rotatable bonds is 5. The van der Waals surface area contributed by atoms with Crippen LogP contribution in [0.5, 0.6) is 0 Å². The lowest BCUT2D eigenvalue weighted by molar-refractivity contribution is -0.121. The largest absolute Gasteiger partial charge is 0.353 e. The third kappa shape index (κ3) is 5.71. The van der Waals surface area contributed by atoms with Gasteiger partial charge < -0.3 is 11.1 Å². The van der Waals surface area contributed by atoms with E-state index >= 15 is 0 Å². The van der Waals surface area contributed by atoms with E-state index in [1.54, 1.807) is 0 Å². The molecule has 0 aromatic heterocycles. The summed E-state index contributed by atoms with van der Waals surface area (Å²) in [7, 11) is 0. The van der Waals surface area contributed by atoms with Gasteiger partial charge in [-0.05, 0) is 31.6 Å². The first-order valence-electron chi connectivity index (χ1n) is 6.25. The second-order valence-corrected chi connectivity index (χ2v) is 4.61. The minimum absolute atomic E-state index is 0. The quantitative estimate of drug-likeness (QED) is 0.784. The van der Waals surface area contributed by atoms with Crippen molar-refractivity contribution in [2.45, 2.75) is 57.9 Å². The summed E-state index contributed by atoms with van der Waals surface area (Å²) in [6, 6.07) is 0.414. The van der Waals surface area contributed by atoms with Gasteiger partial charge in [-0.2, -0.15) is 0 Å². The fourth-order valence-corrected chi connectivity index (χ4v) is 2.43. The molecule has 16 heavy (non-hydrogen) atoms. The van der Waals surface area contributed by atoms with Gasteiger partial charge in [0, 0.05) is 19.0 Å². The van der Waals surface area contributed by atoms with Crippen molar-refractivity contribution < 1.29 is 4.79 Å². The van der Waals surface area contributed by atoms with Gasteiger partial charge in [-0.3, -0.25) is 4.79 Å². The third-order valence-electron chi connectivity index (χ3n) is 3.28. The lowest BCUT2D eigenvalue weighted by atomic mass is 9.83. The van der Waals surface area contributed by atoms with Crippen LogP contribution in [0.25, 0.3) is 0 Å². The number of amides is 1. The van der Waals surface area contributed by atoms with E-state index in [2.05, 4.69) is 12.2 Å². The highest BCUT2D eigenvalue weighted by Crippen LogP contribution is 2.27. The van der Waals surface area contributed by atoms with Crippen LogP contribution >= 0.6 is 12.4 Å². The fourth-order valence-electron chi connectivity index (χ4n) is 2.43. The third-order valence-corrected chi connectivity index (χ3v) is 3.28. The van der Waals surface area contributed by atoms with Gasteiger partial charge in [0.15, 0.2) is 0 Å². The Morgan fingerprint density at radius 2 is 1.94 bits per heavy atom. The number of nitrogens with two attached hydrogens (primary N) is 1. The van der Waals surface area contributed by atoms with Crippen molar-refractivity contribution in [2.75, 3.05) is 6.54 Å². The highest BCUT2D eigenvalue weighted by Gasteiger charge is 2.21. The molecule has 1 amide bonds. The van der Waals surface area contributed by atoms with Crippen LogP contribution in [0, 0.1) is 5.92 Å². The normalized spacial score (nSPS) is 24.6. The zero-order valence-electron chi connectivity index (χ0n) is 10.2. The lowest BCUT2D eigenvalue weighted by Crippen LogP contribution is -2.38. The maximum Gasteiger partial charge on any atom is 0.221 e. The van der Waals surface area contributed by atoms with Crippen LogP contribution in [0.1, 0.15) is 51.9 Å². The molecule has 1 fully saturated rings. The highest BCUT2D eigenvalue weighted by atomic mass is 35.5. The number of carbonyl (C=O) groups excluding carboxylic acids is 1. The number of hydrogen-bond donors (Lipinski definition) is 2. The predicted octanol–water partition coefficient (Wildman–Crippen LogP) is 2.23. The van der Waals surface area contributed by atoms with E-state index in [9.17, 15) is 4.79 Å². The Hall–Kier alpha value is -0.280. The summed E-state index contributed by atoms with van der Waals surface area (Å²) < 4.78 is 0. The smallest absolute Gasteiger partial charge is 0.221 e. The SMILES string of the molecule is CCCC1CCC(NC(=O)CCN)CC1.Cl. The van der Waals surface area contributed by atoms with Gasteiger partial charge in [0.05, 0.1) is 0 Å². The number of hydrogen-bond acceptors (Lipinski definition) is 2. The zero-order valence-corrected chi connectivity index (χ0v) is 11.0. The molecule has 1 saturated carbocycles. The molecule has 3 N–H and O–H groups in total. The van der Waals surface area contributed by atoms with E-state index in [1.807, 2.05) is 0 Å². The molecule has 3 nitrogen and oxygen atoms in total. The molecule has 4 heteroatoms. The molecular formula is C12H25ClN2O. The van der Waals surface area contributed by atoms with Crippen LogP contribution in [0.2, 0.25) is 0 Å². The molecule has 0 aromatic rings. The monoisotopic (exact) mass is 248 g/mol. The van der Waals surface area contributed by atoms with Crippen LogP contribution in [-0.4, -0.2) is 18.5 Å². The molecule has 0 aliphatic heterocycles. The molecule has 0 unspecified atom stereocenters. The molecule has 0 radical (unpaired) electrons. The van der Waals surface area contributed by atoms with Gasteiger partial charge in [-0.15, -0.1) is 12.4 Å². The summed E-state index contributed by atoms with van der Waals surface area (Å²) >= 11 is 0. The van der Waals surface area contributed by atoms with E-state index in [0.29, 0.717) is 19.0 Å². The van der Waals surface area contributed by atoms with Gasteiger partial charge in [-0.1, -0.05) is 19.8 Å². The molecule has 0 atom stereocenters. The van der Waals surface area contributed by atoms with E-state index in [1.165, 1.54) is 25.7 Å². The van der Waals surface area contributed by atoms with Gasteiger partial charge in [-0.25, -0.2) is 0 Å². The first-order chi connectivity index (χ1) is 7.26. The summed E-state index contributed by atoms with van der Waals surface area (Å²) in [6.07, 6.45) is 7.97. The number of carbonyl (C=O) groups is 1. The molecule has 0 saturated heterocycles. The summed E-state index contributed by atoms with van der Waals surface area (Å²) in [4.78, 5) is 11.3. The Bertz CT molecular complexity index is 191. The highest BCUT2D eigenvalue weighted by molar-refractivity contribution is 5.85. The maximum atomic E-state index is 11.3. The Labute approximate surface area is 105 Å². The molecule has 1 rings (SSSR count). The molecular weight excluding hydrogens is 224 g/mol. The van der Waals surface area contributed by atoms with E-state index in [4.69, 9.17) is 5.73 Å². The van der Waals surface area contributed by atoms with Crippen molar-refractivity contribution in [1.82, 2.24) is 5.32 Å². The molecule has 0 aromatic carbocycles. The van der Waals surface area contributed by atoms with Crippen LogP contribution < -0.4 is 11.1 Å². The summed E-state index contributed by atoms with van der Waals surface area (Å²) in [5.41, 5.74) is 5.34. The summed E-state index contributed by atoms with van der Waals surface area (Å²) in [5.74, 6) is 1.02. The lowest BCUT2D eigenvalue weighted by Gasteiger charge is -2.28. The first-order valence-corrected chi connectivity index (χ1v) is 6.25. The topological polar surface area (TPSA) is 55.1 Å². The Kier molecular flexibility index (Phi) is 8.67.